The smallest absolute Gasteiger partial charge is 0.214 e. The highest BCUT2D eigenvalue weighted by molar-refractivity contribution is 5.73. The number of fused-ring (bicyclic) bond motifs is 1. The zero-order valence-corrected chi connectivity index (χ0v) is 16.7. The van der Waals surface area contributed by atoms with Gasteiger partial charge in [-0.15, -0.1) is 0 Å². The fourth-order valence-electron chi connectivity index (χ4n) is 4.45. The van der Waals surface area contributed by atoms with Gasteiger partial charge in [-0.25, -0.2) is 0 Å². The van der Waals surface area contributed by atoms with Gasteiger partial charge < -0.3 is 4.90 Å². The van der Waals surface area contributed by atoms with E-state index in [0.29, 0.717) is 0 Å². The van der Waals surface area contributed by atoms with Crippen LogP contribution in [-0.2, 0) is 5.41 Å². The number of benzene rings is 3. The van der Waals surface area contributed by atoms with E-state index in [1.165, 1.54) is 11.1 Å². The van der Waals surface area contributed by atoms with Crippen LogP contribution in [0, 0.1) is 10.1 Å². The minimum absolute atomic E-state index is 0.136. The Hall–Kier alpha value is -3.40. The van der Waals surface area contributed by atoms with E-state index in [0.717, 1.165) is 16.9 Å². The summed E-state index contributed by atoms with van der Waals surface area (Å²) in [4.78, 5) is 13.4. The Kier molecular flexibility index (Phi) is 4.93. The standard InChI is InChI=1S/C25H24N2O2/c1-25(21-13-7-4-8-14-21)22-15-9-10-16-23(22)26(2)24(25)17-20(18-27(28)29)19-11-5-3-6-12-19/h3-17,20H,18H2,1-2H3/b24-17+/t20-,25+/m1/s1. The summed E-state index contributed by atoms with van der Waals surface area (Å²) in [5, 5.41) is 11.5. The number of hydrogen-bond donors (Lipinski definition) is 0. The summed E-state index contributed by atoms with van der Waals surface area (Å²) in [6, 6.07) is 28.5. The van der Waals surface area contributed by atoms with Crippen molar-refractivity contribution >= 4 is 5.69 Å². The molecule has 0 amide bonds. The molecule has 0 aromatic heterocycles. The monoisotopic (exact) mass is 384 g/mol. The molecule has 0 N–H and O–H groups in total. The van der Waals surface area contributed by atoms with E-state index in [2.05, 4.69) is 48.2 Å². The van der Waals surface area contributed by atoms with Crippen molar-refractivity contribution in [2.75, 3.05) is 18.5 Å². The summed E-state index contributed by atoms with van der Waals surface area (Å²) in [5.74, 6) is -0.305. The van der Waals surface area contributed by atoms with Gasteiger partial charge in [-0.1, -0.05) is 78.9 Å². The van der Waals surface area contributed by atoms with E-state index in [1.54, 1.807) is 0 Å². The highest BCUT2D eigenvalue weighted by atomic mass is 16.6. The molecule has 4 rings (SSSR count). The third-order valence-electron chi connectivity index (χ3n) is 5.96. The average Bonchev–Trinajstić information content (AvgIpc) is 2.97. The van der Waals surface area contributed by atoms with Gasteiger partial charge in [0.25, 0.3) is 0 Å². The molecule has 4 nitrogen and oxygen atoms in total. The van der Waals surface area contributed by atoms with Gasteiger partial charge in [-0.3, -0.25) is 10.1 Å². The molecule has 2 atom stereocenters. The van der Waals surface area contributed by atoms with Crippen LogP contribution in [0.1, 0.15) is 29.5 Å². The maximum atomic E-state index is 11.5. The molecule has 0 radical (unpaired) electrons. The van der Waals surface area contributed by atoms with E-state index in [1.807, 2.05) is 61.6 Å². The summed E-state index contributed by atoms with van der Waals surface area (Å²) < 4.78 is 0. The minimum atomic E-state index is -0.379. The van der Waals surface area contributed by atoms with Crippen molar-refractivity contribution in [1.82, 2.24) is 0 Å². The maximum absolute atomic E-state index is 11.5. The SMILES string of the molecule is CN1/C(=C/[C@H](C[N+](=O)[O-])c2ccccc2)[C@@](C)(c2ccccc2)c2ccccc21. The van der Waals surface area contributed by atoms with Crippen molar-refractivity contribution in [3.8, 4) is 0 Å². The van der Waals surface area contributed by atoms with Crippen molar-refractivity contribution in [2.45, 2.75) is 18.3 Å². The molecular formula is C25H24N2O2. The van der Waals surface area contributed by atoms with E-state index < -0.39 is 0 Å². The number of nitrogens with zero attached hydrogens (tertiary/aromatic N) is 2. The summed E-state index contributed by atoms with van der Waals surface area (Å²) in [7, 11) is 2.05. The van der Waals surface area contributed by atoms with Crippen molar-refractivity contribution in [1.29, 1.82) is 0 Å². The van der Waals surface area contributed by atoms with Crippen LogP contribution < -0.4 is 4.90 Å². The van der Waals surface area contributed by atoms with Gasteiger partial charge in [-0.2, -0.15) is 0 Å². The Morgan fingerprint density at radius 1 is 0.966 bits per heavy atom. The van der Waals surface area contributed by atoms with E-state index >= 15 is 0 Å². The molecule has 146 valence electrons. The quantitative estimate of drug-likeness (QED) is 0.438. The Bertz CT molecular complexity index is 1050. The van der Waals surface area contributed by atoms with Crippen LogP contribution in [0.5, 0.6) is 0 Å². The Morgan fingerprint density at radius 3 is 2.21 bits per heavy atom. The maximum Gasteiger partial charge on any atom is 0.214 e. The number of rotatable bonds is 5. The van der Waals surface area contributed by atoms with Crippen molar-refractivity contribution in [3.05, 3.63) is 124 Å². The number of anilines is 1. The van der Waals surface area contributed by atoms with Gasteiger partial charge in [0, 0.05) is 23.4 Å². The number of nitro groups is 1. The second-order valence-corrected chi connectivity index (χ2v) is 7.65. The molecule has 29 heavy (non-hydrogen) atoms. The summed E-state index contributed by atoms with van der Waals surface area (Å²) in [6.07, 6.45) is 2.09. The largest absolute Gasteiger partial charge is 0.347 e. The lowest BCUT2D eigenvalue weighted by Gasteiger charge is -2.30. The summed E-state index contributed by atoms with van der Waals surface area (Å²) >= 11 is 0. The highest BCUT2D eigenvalue weighted by Gasteiger charge is 2.44. The van der Waals surface area contributed by atoms with Gasteiger partial charge in [0.1, 0.15) is 0 Å². The van der Waals surface area contributed by atoms with Gasteiger partial charge in [0.2, 0.25) is 6.54 Å². The van der Waals surface area contributed by atoms with Gasteiger partial charge in [0.15, 0.2) is 0 Å². The predicted octanol–water partition coefficient (Wildman–Crippen LogP) is 5.39. The average molecular weight is 384 g/mol. The molecule has 0 aliphatic carbocycles. The third kappa shape index (κ3) is 3.31. The molecule has 3 aromatic rings. The lowest BCUT2D eigenvalue weighted by atomic mass is 9.74. The summed E-state index contributed by atoms with van der Waals surface area (Å²) in [6.45, 7) is 2.08. The second-order valence-electron chi connectivity index (χ2n) is 7.65. The van der Waals surface area contributed by atoms with Gasteiger partial charge >= 0.3 is 0 Å². The van der Waals surface area contributed by atoms with Crippen molar-refractivity contribution in [3.63, 3.8) is 0 Å². The molecule has 1 aliphatic heterocycles. The molecule has 1 heterocycles. The molecule has 0 bridgehead atoms. The van der Waals surface area contributed by atoms with Crippen molar-refractivity contribution < 1.29 is 4.92 Å². The topological polar surface area (TPSA) is 46.4 Å². The Balaban J connectivity index is 1.91. The molecule has 3 aromatic carbocycles. The molecule has 1 aliphatic rings. The molecular weight excluding hydrogens is 360 g/mol. The zero-order valence-electron chi connectivity index (χ0n) is 16.7. The third-order valence-corrected chi connectivity index (χ3v) is 5.96. The fraction of sp³-hybridized carbons (Fsp3) is 0.200. The predicted molar refractivity (Wildman–Crippen MR) is 117 cm³/mol. The van der Waals surface area contributed by atoms with Crippen molar-refractivity contribution in [2.24, 2.45) is 0 Å². The van der Waals surface area contributed by atoms with E-state index in [4.69, 9.17) is 0 Å². The van der Waals surface area contributed by atoms with Crippen LogP contribution in [0.4, 0.5) is 5.69 Å². The Morgan fingerprint density at radius 2 is 1.55 bits per heavy atom. The second kappa shape index (κ2) is 7.55. The first-order valence-corrected chi connectivity index (χ1v) is 9.79. The van der Waals surface area contributed by atoms with Gasteiger partial charge in [0.05, 0.1) is 11.3 Å². The van der Waals surface area contributed by atoms with Gasteiger partial charge in [-0.05, 0) is 35.8 Å². The fourth-order valence-corrected chi connectivity index (χ4v) is 4.45. The van der Waals surface area contributed by atoms with Crippen LogP contribution in [0.25, 0.3) is 0 Å². The van der Waals surface area contributed by atoms with Crippen LogP contribution in [0.2, 0.25) is 0 Å². The van der Waals surface area contributed by atoms with Crippen LogP contribution in [0.15, 0.2) is 96.7 Å². The van der Waals surface area contributed by atoms with Crippen LogP contribution >= 0.6 is 0 Å². The number of allylic oxidation sites excluding steroid dienone is 1. The molecule has 0 saturated heterocycles. The molecule has 0 spiro atoms. The minimum Gasteiger partial charge on any atom is -0.347 e. The molecule has 0 fully saturated rings. The lowest BCUT2D eigenvalue weighted by molar-refractivity contribution is -0.481. The molecule has 0 unspecified atom stereocenters. The van der Waals surface area contributed by atoms with Crippen LogP contribution in [0.3, 0.4) is 0 Å². The number of likely N-dealkylation sites (N-methyl/N-ethyl adjacent to an activating group) is 1. The normalized spacial score (nSPS) is 20.5. The molecule has 0 saturated carbocycles. The Labute approximate surface area is 171 Å². The van der Waals surface area contributed by atoms with E-state index in [9.17, 15) is 10.1 Å². The highest BCUT2D eigenvalue weighted by Crippen LogP contribution is 2.51. The molecule has 4 heteroatoms. The first-order chi connectivity index (χ1) is 14.0. The first-order valence-electron chi connectivity index (χ1n) is 9.79. The lowest BCUT2D eigenvalue weighted by Crippen LogP contribution is -2.29. The number of para-hydroxylation sites is 1. The number of hydrogen-bond acceptors (Lipinski definition) is 3. The first kappa shape index (κ1) is 18.9. The summed E-state index contributed by atoms with van der Waals surface area (Å²) in [5.41, 5.74) is 5.18. The van der Waals surface area contributed by atoms with E-state index in [-0.39, 0.29) is 22.8 Å². The zero-order chi connectivity index (χ0) is 20.4. The van der Waals surface area contributed by atoms with Crippen LogP contribution in [-0.4, -0.2) is 18.5 Å².